The molecule has 0 spiro atoms. The number of carbonyl (C=O) groups is 3. The van der Waals surface area contributed by atoms with Crippen molar-refractivity contribution in [3.63, 3.8) is 0 Å². The van der Waals surface area contributed by atoms with Crippen molar-refractivity contribution in [2.75, 3.05) is 13.7 Å². The summed E-state index contributed by atoms with van der Waals surface area (Å²) in [5.41, 5.74) is 0.912. The molecule has 2 amide bonds. The van der Waals surface area contributed by atoms with Gasteiger partial charge in [-0.3, -0.25) is 19.3 Å². The highest BCUT2D eigenvalue weighted by Gasteiger charge is 2.35. The molecular formula is C15H17NO4. The lowest BCUT2D eigenvalue weighted by atomic mass is 10.1. The molecule has 1 atom stereocenters. The highest BCUT2D eigenvalue weighted by Crippen LogP contribution is 2.24. The first-order valence-corrected chi connectivity index (χ1v) is 6.56. The van der Waals surface area contributed by atoms with Crippen LogP contribution in [-0.4, -0.2) is 36.3 Å². The van der Waals surface area contributed by atoms with E-state index in [1.54, 1.807) is 24.3 Å². The Bertz CT molecular complexity index is 518. The SMILES string of the molecule is COC(=O)CC[C@@H](C)CN1C(=O)c2ccccc2C1=O. The number of esters is 1. The number of amides is 2. The Morgan fingerprint density at radius 2 is 1.75 bits per heavy atom. The van der Waals surface area contributed by atoms with Crippen LogP contribution in [0.4, 0.5) is 0 Å². The van der Waals surface area contributed by atoms with Crippen LogP contribution in [0.25, 0.3) is 0 Å². The third-order valence-corrected chi connectivity index (χ3v) is 3.44. The molecule has 0 saturated heterocycles. The maximum Gasteiger partial charge on any atom is 0.305 e. The summed E-state index contributed by atoms with van der Waals surface area (Å²) in [6.45, 7) is 2.23. The van der Waals surface area contributed by atoms with Gasteiger partial charge in [0.15, 0.2) is 0 Å². The van der Waals surface area contributed by atoms with Gasteiger partial charge in [0.2, 0.25) is 0 Å². The maximum atomic E-state index is 12.2. The van der Waals surface area contributed by atoms with Gasteiger partial charge in [0.05, 0.1) is 18.2 Å². The van der Waals surface area contributed by atoms with Crippen molar-refractivity contribution in [1.29, 1.82) is 0 Å². The number of methoxy groups -OCH3 is 1. The summed E-state index contributed by atoms with van der Waals surface area (Å²) in [7, 11) is 1.34. The van der Waals surface area contributed by atoms with E-state index in [4.69, 9.17) is 0 Å². The van der Waals surface area contributed by atoms with E-state index in [0.29, 0.717) is 30.5 Å². The second kappa shape index (κ2) is 5.86. The molecule has 2 rings (SSSR count). The zero-order valence-corrected chi connectivity index (χ0v) is 11.6. The van der Waals surface area contributed by atoms with Crippen molar-refractivity contribution in [1.82, 2.24) is 4.90 Å². The minimum Gasteiger partial charge on any atom is -0.469 e. The number of imide groups is 1. The fourth-order valence-electron chi connectivity index (χ4n) is 2.27. The largest absolute Gasteiger partial charge is 0.469 e. The number of rotatable bonds is 5. The van der Waals surface area contributed by atoms with Crippen LogP contribution in [0.2, 0.25) is 0 Å². The second-order valence-corrected chi connectivity index (χ2v) is 4.99. The van der Waals surface area contributed by atoms with Crippen molar-refractivity contribution in [3.8, 4) is 0 Å². The third-order valence-electron chi connectivity index (χ3n) is 3.44. The fraction of sp³-hybridized carbons (Fsp3) is 0.400. The van der Waals surface area contributed by atoms with Gasteiger partial charge in [0, 0.05) is 13.0 Å². The van der Waals surface area contributed by atoms with Crippen LogP contribution in [0.1, 0.15) is 40.5 Å². The summed E-state index contributed by atoms with van der Waals surface area (Å²) in [5, 5.41) is 0. The average molecular weight is 275 g/mol. The van der Waals surface area contributed by atoms with Gasteiger partial charge in [-0.15, -0.1) is 0 Å². The number of nitrogens with zero attached hydrogens (tertiary/aromatic N) is 1. The van der Waals surface area contributed by atoms with Gasteiger partial charge in [-0.1, -0.05) is 19.1 Å². The highest BCUT2D eigenvalue weighted by atomic mass is 16.5. The molecule has 0 aliphatic carbocycles. The van der Waals surface area contributed by atoms with Crippen molar-refractivity contribution in [2.24, 2.45) is 5.92 Å². The third kappa shape index (κ3) is 2.71. The van der Waals surface area contributed by atoms with Crippen molar-refractivity contribution in [3.05, 3.63) is 35.4 Å². The summed E-state index contributed by atoms with van der Waals surface area (Å²) < 4.78 is 4.58. The molecule has 0 aromatic heterocycles. The minimum absolute atomic E-state index is 0.0521. The van der Waals surface area contributed by atoms with Crippen molar-refractivity contribution < 1.29 is 19.1 Å². The smallest absolute Gasteiger partial charge is 0.305 e. The molecule has 5 heteroatoms. The molecule has 106 valence electrons. The molecule has 0 unspecified atom stereocenters. The Labute approximate surface area is 117 Å². The van der Waals surface area contributed by atoms with E-state index in [1.165, 1.54) is 12.0 Å². The van der Waals surface area contributed by atoms with Gasteiger partial charge in [-0.05, 0) is 24.5 Å². The van der Waals surface area contributed by atoms with Crippen LogP contribution in [0, 0.1) is 5.92 Å². The quantitative estimate of drug-likeness (QED) is 0.608. The highest BCUT2D eigenvalue weighted by molar-refractivity contribution is 6.21. The van der Waals surface area contributed by atoms with Gasteiger partial charge >= 0.3 is 5.97 Å². The molecule has 1 aromatic carbocycles. The van der Waals surface area contributed by atoms with E-state index < -0.39 is 0 Å². The number of carbonyl (C=O) groups excluding carboxylic acids is 3. The Morgan fingerprint density at radius 1 is 1.20 bits per heavy atom. The standard InChI is InChI=1S/C15H17NO4/c1-10(7-8-13(17)20-2)9-16-14(18)11-5-3-4-6-12(11)15(16)19/h3-6,10H,7-9H2,1-2H3/t10-/m1/s1. The first-order valence-electron chi connectivity index (χ1n) is 6.56. The van der Waals surface area contributed by atoms with E-state index in [9.17, 15) is 14.4 Å². The number of benzene rings is 1. The average Bonchev–Trinajstić information content (AvgIpc) is 2.70. The van der Waals surface area contributed by atoms with Gasteiger partial charge < -0.3 is 4.74 Å². The normalized spacial score (nSPS) is 15.2. The van der Waals surface area contributed by atoms with Crippen LogP contribution in [-0.2, 0) is 9.53 Å². The molecule has 0 fully saturated rings. The Balaban J connectivity index is 2.00. The molecule has 1 heterocycles. The molecule has 0 saturated carbocycles. The van der Waals surface area contributed by atoms with Crippen LogP contribution in [0.5, 0.6) is 0 Å². The summed E-state index contributed by atoms with van der Waals surface area (Å²) in [6, 6.07) is 6.81. The monoisotopic (exact) mass is 275 g/mol. The summed E-state index contributed by atoms with van der Waals surface area (Å²) in [5.74, 6) is -0.735. The van der Waals surface area contributed by atoms with Crippen LogP contribution < -0.4 is 0 Å². The molecule has 1 aromatic rings. The van der Waals surface area contributed by atoms with Crippen LogP contribution in [0.15, 0.2) is 24.3 Å². The molecule has 0 radical (unpaired) electrons. The van der Waals surface area contributed by atoms with Crippen molar-refractivity contribution >= 4 is 17.8 Å². The predicted molar refractivity (Wildman–Crippen MR) is 72.2 cm³/mol. The number of hydrogen-bond acceptors (Lipinski definition) is 4. The van der Waals surface area contributed by atoms with Crippen LogP contribution in [0.3, 0.4) is 0 Å². The predicted octanol–water partition coefficient (Wildman–Crippen LogP) is 1.87. The van der Waals surface area contributed by atoms with Gasteiger partial charge in [-0.25, -0.2) is 0 Å². The summed E-state index contributed by atoms with van der Waals surface area (Å²) >= 11 is 0. The topological polar surface area (TPSA) is 63.7 Å². The maximum absolute atomic E-state index is 12.2. The number of ether oxygens (including phenoxy) is 1. The van der Waals surface area contributed by atoms with E-state index in [-0.39, 0.29) is 23.7 Å². The minimum atomic E-state index is -0.279. The number of fused-ring (bicyclic) bond motifs is 1. The van der Waals surface area contributed by atoms with E-state index in [2.05, 4.69) is 4.74 Å². The zero-order chi connectivity index (χ0) is 14.7. The van der Waals surface area contributed by atoms with E-state index >= 15 is 0 Å². The molecule has 1 aliphatic rings. The molecule has 5 nitrogen and oxygen atoms in total. The molecule has 0 bridgehead atoms. The molecule has 20 heavy (non-hydrogen) atoms. The Hall–Kier alpha value is -2.17. The molecular weight excluding hydrogens is 258 g/mol. The van der Waals surface area contributed by atoms with E-state index in [0.717, 1.165) is 0 Å². The van der Waals surface area contributed by atoms with Crippen LogP contribution >= 0.6 is 0 Å². The lowest BCUT2D eigenvalue weighted by Gasteiger charge is -2.18. The summed E-state index contributed by atoms with van der Waals surface area (Å²) in [6.07, 6.45) is 0.876. The Kier molecular flexibility index (Phi) is 4.17. The summed E-state index contributed by atoms with van der Waals surface area (Å²) in [4.78, 5) is 36.6. The van der Waals surface area contributed by atoms with Gasteiger partial charge in [0.25, 0.3) is 11.8 Å². The van der Waals surface area contributed by atoms with Crippen molar-refractivity contribution in [2.45, 2.75) is 19.8 Å². The van der Waals surface area contributed by atoms with Gasteiger partial charge in [0.1, 0.15) is 0 Å². The fourth-order valence-corrected chi connectivity index (χ4v) is 2.27. The van der Waals surface area contributed by atoms with Gasteiger partial charge in [-0.2, -0.15) is 0 Å². The zero-order valence-electron chi connectivity index (χ0n) is 11.6. The first-order chi connectivity index (χ1) is 9.54. The molecule has 0 N–H and O–H groups in total. The number of hydrogen-bond donors (Lipinski definition) is 0. The Morgan fingerprint density at radius 3 is 2.25 bits per heavy atom. The lowest BCUT2D eigenvalue weighted by molar-refractivity contribution is -0.140. The second-order valence-electron chi connectivity index (χ2n) is 4.99. The van der Waals surface area contributed by atoms with E-state index in [1.807, 2.05) is 6.92 Å². The molecule has 1 aliphatic heterocycles. The first kappa shape index (κ1) is 14.2. The lowest BCUT2D eigenvalue weighted by Crippen LogP contribution is -2.34.